The second kappa shape index (κ2) is 6.84. The van der Waals surface area contributed by atoms with Gasteiger partial charge in [-0.25, -0.2) is 4.79 Å². The first-order valence-corrected chi connectivity index (χ1v) is 7.89. The monoisotopic (exact) mass is 345 g/mol. The van der Waals surface area contributed by atoms with Gasteiger partial charge in [0.05, 0.1) is 13.7 Å². The summed E-state index contributed by atoms with van der Waals surface area (Å²) < 4.78 is 12.3. The van der Waals surface area contributed by atoms with Crippen LogP contribution in [0.1, 0.15) is 22.3 Å². The highest BCUT2D eigenvalue weighted by molar-refractivity contribution is 5.93. The Morgan fingerprint density at radius 3 is 2.88 bits per heavy atom. The number of benzene rings is 1. The third kappa shape index (κ3) is 3.28. The van der Waals surface area contributed by atoms with E-state index in [1.54, 1.807) is 18.1 Å². The van der Waals surface area contributed by atoms with Crippen LogP contribution < -0.4 is 20.7 Å². The Balaban J connectivity index is 1.97. The molecule has 0 saturated heterocycles. The number of aromatic amines is 1. The number of para-hydroxylation sites is 1. The molecular formula is C17H19N3O5. The predicted molar refractivity (Wildman–Crippen MR) is 90.2 cm³/mol. The molecule has 0 bridgehead atoms. The summed E-state index contributed by atoms with van der Waals surface area (Å²) in [6.45, 7) is 1.16. The van der Waals surface area contributed by atoms with Gasteiger partial charge in [0, 0.05) is 31.9 Å². The summed E-state index contributed by atoms with van der Waals surface area (Å²) in [6.07, 6.45) is 1.89. The van der Waals surface area contributed by atoms with E-state index in [0.717, 1.165) is 5.56 Å². The van der Waals surface area contributed by atoms with Crippen molar-refractivity contribution in [2.24, 2.45) is 7.05 Å². The standard InChI is InChI=1S/C17H19N3O5/c1-19-10-12(15(21)18-17(19)23)16(22)20-7-4-8-25-14-11(9-20)5-3-6-13(14)24-2/h3,5-6,10H,4,7-9H2,1-2H3,(H,18,21,23). The molecule has 0 aliphatic carbocycles. The van der Waals surface area contributed by atoms with Gasteiger partial charge in [0.15, 0.2) is 11.5 Å². The number of rotatable bonds is 2. The minimum absolute atomic E-state index is 0.0620. The molecule has 0 fully saturated rings. The molecule has 3 rings (SSSR count). The summed E-state index contributed by atoms with van der Waals surface area (Å²) in [5.74, 6) is 0.788. The maximum atomic E-state index is 12.8. The molecule has 1 aliphatic heterocycles. The van der Waals surface area contributed by atoms with Crippen molar-refractivity contribution in [3.8, 4) is 11.5 Å². The summed E-state index contributed by atoms with van der Waals surface area (Å²) in [6, 6.07) is 5.48. The number of aromatic nitrogens is 2. The average molecular weight is 345 g/mol. The summed E-state index contributed by atoms with van der Waals surface area (Å²) in [4.78, 5) is 40.1. The Morgan fingerprint density at radius 2 is 2.12 bits per heavy atom. The zero-order chi connectivity index (χ0) is 18.0. The number of nitrogens with one attached hydrogen (secondary N) is 1. The molecule has 1 aromatic heterocycles. The zero-order valence-electron chi connectivity index (χ0n) is 14.1. The first-order chi connectivity index (χ1) is 12.0. The van der Waals surface area contributed by atoms with E-state index < -0.39 is 17.2 Å². The first-order valence-electron chi connectivity index (χ1n) is 7.89. The van der Waals surface area contributed by atoms with Gasteiger partial charge in [-0.2, -0.15) is 0 Å². The number of carbonyl (C=O) groups excluding carboxylic acids is 1. The highest BCUT2D eigenvalue weighted by atomic mass is 16.5. The lowest BCUT2D eigenvalue weighted by atomic mass is 10.1. The predicted octanol–water partition coefficient (Wildman–Crippen LogP) is 0.507. The molecule has 1 aromatic carbocycles. The van der Waals surface area contributed by atoms with Crippen LogP contribution in [-0.2, 0) is 13.6 Å². The number of hydrogen-bond donors (Lipinski definition) is 1. The average Bonchev–Trinajstić information content (AvgIpc) is 2.57. The van der Waals surface area contributed by atoms with Gasteiger partial charge in [0.1, 0.15) is 5.56 Å². The Hall–Kier alpha value is -3.03. The van der Waals surface area contributed by atoms with Gasteiger partial charge in [0.25, 0.3) is 11.5 Å². The minimum Gasteiger partial charge on any atom is -0.493 e. The number of nitrogens with zero attached hydrogens (tertiary/aromatic N) is 2. The molecule has 0 unspecified atom stereocenters. The summed E-state index contributed by atoms with van der Waals surface area (Å²) >= 11 is 0. The normalized spacial score (nSPS) is 14.1. The number of H-pyrrole nitrogens is 1. The number of hydrogen-bond acceptors (Lipinski definition) is 5. The second-order valence-electron chi connectivity index (χ2n) is 5.79. The second-order valence-corrected chi connectivity index (χ2v) is 5.79. The van der Waals surface area contributed by atoms with Crippen LogP contribution >= 0.6 is 0 Å². The third-order valence-electron chi connectivity index (χ3n) is 4.09. The number of amides is 1. The van der Waals surface area contributed by atoms with E-state index >= 15 is 0 Å². The Kier molecular flexibility index (Phi) is 4.60. The van der Waals surface area contributed by atoms with Crippen LogP contribution in [0.4, 0.5) is 0 Å². The molecule has 2 heterocycles. The quantitative estimate of drug-likeness (QED) is 0.856. The Labute approximate surface area is 143 Å². The first kappa shape index (κ1) is 16.8. The number of aryl methyl sites for hydroxylation is 1. The van der Waals surface area contributed by atoms with E-state index in [4.69, 9.17) is 9.47 Å². The number of ether oxygens (including phenoxy) is 2. The lowest BCUT2D eigenvalue weighted by Gasteiger charge is -2.27. The van der Waals surface area contributed by atoms with Crippen molar-refractivity contribution in [1.29, 1.82) is 0 Å². The van der Waals surface area contributed by atoms with Gasteiger partial charge >= 0.3 is 5.69 Å². The maximum absolute atomic E-state index is 12.8. The molecule has 0 spiro atoms. The van der Waals surface area contributed by atoms with Gasteiger partial charge in [-0.1, -0.05) is 12.1 Å². The molecule has 0 atom stereocenters. The van der Waals surface area contributed by atoms with Crippen molar-refractivity contribution in [2.75, 3.05) is 20.3 Å². The number of fused-ring (bicyclic) bond motifs is 1. The Morgan fingerprint density at radius 1 is 1.32 bits per heavy atom. The van der Waals surface area contributed by atoms with Gasteiger partial charge in [-0.15, -0.1) is 0 Å². The number of methoxy groups -OCH3 is 1. The molecule has 1 amide bonds. The van der Waals surface area contributed by atoms with Crippen molar-refractivity contribution >= 4 is 5.91 Å². The molecule has 8 nitrogen and oxygen atoms in total. The van der Waals surface area contributed by atoms with Crippen molar-refractivity contribution in [2.45, 2.75) is 13.0 Å². The maximum Gasteiger partial charge on any atom is 0.328 e. The van der Waals surface area contributed by atoms with Gasteiger partial charge < -0.3 is 18.9 Å². The largest absolute Gasteiger partial charge is 0.493 e. The van der Waals surface area contributed by atoms with E-state index in [-0.39, 0.29) is 12.1 Å². The molecular weight excluding hydrogens is 326 g/mol. The van der Waals surface area contributed by atoms with Crippen LogP contribution in [0.3, 0.4) is 0 Å². The fourth-order valence-electron chi connectivity index (χ4n) is 2.78. The third-order valence-corrected chi connectivity index (χ3v) is 4.09. The zero-order valence-corrected chi connectivity index (χ0v) is 14.1. The van der Waals surface area contributed by atoms with E-state index in [0.29, 0.717) is 31.1 Å². The molecule has 1 N–H and O–H groups in total. The van der Waals surface area contributed by atoms with Crippen molar-refractivity contribution in [1.82, 2.24) is 14.5 Å². The summed E-state index contributed by atoms with van der Waals surface area (Å²) in [5.41, 5.74) is -0.503. The smallest absolute Gasteiger partial charge is 0.328 e. The summed E-state index contributed by atoms with van der Waals surface area (Å²) in [5, 5.41) is 0. The number of carbonyl (C=O) groups is 1. The van der Waals surface area contributed by atoms with E-state index in [9.17, 15) is 14.4 Å². The molecule has 1 aliphatic rings. The van der Waals surface area contributed by atoms with Crippen LogP contribution in [-0.4, -0.2) is 40.6 Å². The van der Waals surface area contributed by atoms with Crippen LogP contribution in [0.15, 0.2) is 34.0 Å². The topological polar surface area (TPSA) is 93.6 Å². The lowest BCUT2D eigenvalue weighted by molar-refractivity contribution is 0.0718. The highest BCUT2D eigenvalue weighted by Crippen LogP contribution is 2.33. The molecule has 2 aromatic rings. The van der Waals surface area contributed by atoms with Crippen molar-refractivity contribution < 1.29 is 14.3 Å². The Bertz CT molecular complexity index is 915. The van der Waals surface area contributed by atoms with E-state index in [1.807, 2.05) is 12.1 Å². The lowest BCUT2D eigenvalue weighted by Crippen LogP contribution is -2.39. The summed E-state index contributed by atoms with van der Waals surface area (Å²) in [7, 11) is 3.04. The highest BCUT2D eigenvalue weighted by Gasteiger charge is 2.24. The minimum atomic E-state index is -0.683. The van der Waals surface area contributed by atoms with Crippen LogP contribution in [0.25, 0.3) is 0 Å². The molecule has 25 heavy (non-hydrogen) atoms. The SMILES string of the molecule is COc1cccc2c1OCCCN(C(=O)c1cn(C)c(=O)[nH]c1=O)C2. The van der Waals surface area contributed by atoms with Gasteiger partial charge in [-0.3, -0.25) is 14.6 Å². The van der Waals surface area contributed by atoms with E-state index in [1.165, 1.54) is 17.8 Å². The van der Waals surface area contributed by atoms with Crippen molar-refractivity contribution in [3.63, 3.8) is 0 Å². The van der Waals surface area contributed by atoms with Crippen LogP contribution in [0, 0.1) is 0 Å². The molecule has 0 radical (unpaired) electrons. The van der Waals surface area contributed by atoms with E-state index in [2.05, 4.69) is 4.98 Å². The van der Waals surface area contributed by atoms with Crippen molar-refractivity contribution in [3.05, 3.63) is 56.4 Å². The molecule has 0 saturated carbocycles. The van der Waals surface area contributed by atoms with Gasteiger partial charge in [0.2, 0.25) is 0 Å². The fraction of sp³-hybridized carbons (Fsp3) is 0.353. The van der Waals surface area contributed by atoms with Crippen LogP contribution in [0.5, 0.6) is 11.5 Å². The molecule has 132 valence electrons. The van der Waals surface area contributed by atoms with Crippen LogP contribution in [0.2, 0.25) is 0 Å². The molecule has 8 heteroatoms. The fourth-order valence-corrected chi connectivity index (χ4v) is 2.78. The van der Waals surface area contributed by atoms with Gasteiger partial charge in [-0.05, 0) is 12.5 Å².